The highest BCUT2D eigenvalue weighted by molar-refractivity contribution is 9.11. The van der Waals surface area contributed by atoms with E-state index in [1.807, 2.05) is 12.1 Å². The summed E-state index contributed by atoms with van der Waals surface area (Å²) in [7, 11) is -1.81. The number of hydrogen-bond acceptors (Lipinski definition) is 4. The molecule has 1 amide bonds. The van der Waals surface area contributed by atoms with Crippen molar-refractivity contribution >= 4 is 54.6 Å². The number of carbonyl (C=O) groups excluding carboxylic acids is 1. The zero-order chi connectivity index (χ0) is 16.5. The average molecular weight is 423 g/mol. The predicted molar refractivity (Wildman–Crippen MR) is 92.4 cm³/mol. The molecule has 8 heteroatoms. The lowest BCUT2D eigenvalue weighted by Crippen LogP contribution is -2.26. The fraction of sp³-hybridized carbons (Fsp3) is 0.214. The number of nitrogens with zero attached hydrogens (tertiary/aromatic N) is 1. The Labute approximate surface area is 146 Å². The van der Waals surface area contributed by atoms with Gasteiger partial charge in [-0.25, -0.2) is 8.42 Å². The van der Waals surface area contributed by atoms with Gasteiger partial charge in [0, 0.05) is 23.7 Å². The molecule has 2 rings (SSSR count). The van der Waals surface area contributed by atoms with E-state index >= 15 is 0 Å². The van der Waals surface area contributed by atoms with Crippen molar-refractivity contribution < 1.29 is 13.2 Å². The van der Waals surface area contributed by atoms with Crippen LogP contribution in [0.1, 0.15) is 15.2 Å². The van der Waals surface area contributed by atoms with Gasteiger partial charge in [0.25, 0.3) is 5.91 Å². The standard InChI is InChI=1S/C14H13BrClNO3S2/c1-17(8-10-4-6-13(15)21-10)14(18)9-3-5-11(16)12(7-9)22(2,19)20/h3-7H,8H2,1-2H3. The van der Waals surface area contributed by atoms with Crippen LogP contribution < -0.4 is 0 Å². The third-order valence-corrected chi connectivity index (χ3v) is 6.13. The maximum atomic E-state index is 12.4. The lowest BCUT2D eigenvalue weighted by Gasteiger charge is -2.17. The molecule has 0 bridgehead atoms. The van der Waals surface area contributed by atoms with Crippen LogP contribution in [0, 0.1) is 0 Å². The molecule has 0 atom stereocenters. The number of carbonyl (C=O) groups is 1. The fourth-order valence-electron chi connectivity index (χ4n) is 1.88. The molecule has 0 saturated carbocycles. The molecule has 0 N–H and O–H groups in total. The second kappa shape index (κ2) is 6.70. The smallest absolute Gasteiger partial charge is 0.253 e. The van der Waals surface area contributed by atoms with Crippen LogP contribution in [-0.2, 0) is 16.4 Å². The molecule has 4 nitrogen and oxygen atoms in total. The van der Waals surface area contributed by atoms with Crippen LogP contribution in [0.3, 0.4) is 0 Å². The fourth-order valence-corrected chi connectivity index (χ4v) is 4.72. The maximum absolute atomic E-state index is 12.4. The molecule has 1 aromatic carbocycles. The molecule has 0 aliphatic heterocycles. The van der Waals surface area contributed by atoms with E-state index in [0.29, 0.717) is 12.1 Å². The number of benzene rings is 1. The normalized spacial score (nSPS) is 11.5. The summed E-state index contributed by atoms with van der Waals surface area (Å²) in [6.07, 6.45) is 1.06. The summed E-state index contributed by atoms with van der Waals surface area (Å²) in [5, 5.41) is 0.115. The third kappa shape index (κ3) is 4.10. The Morgan fingerprint density at radius 3 is 2.55 bits per heavy atom. The van der Waals surface area contributed by atoms with Gasteiger partial charge < -0.3 is 4.90 Å². The van der Waals surface area contributed by atoms with Crippen LogP contribution in [0.2, 0.25) is 5.02 Å². The lowest BCUT2D eigenvalue weighted by molar-refractivity contribution is 0.0786. The van der Waals surface area contributed by atoms with E-state index < -0.39 is 9.84 Å². The Bertz CT molecular complexity index is 817. The van der Waals surface area contributed by atoms with Crippen LogP contribution in [0.4, 0.5) is 0 Å². The Morgan fingerprint density at radius 2 is 2.00 bits per heavy atom. The highest BCUT2D eigenvalue weighted by Gasteiger charge is 2.18. The summed E-state index contributed by atoms with van der Waals surface area (Å²) < 4.78 is 24.4. The van der Waals surface area contributed by atoms with Gasteiger partial charge in [-0.1, -0.05) is 11.6 Å². The van der Waals surface area contributed by atoms with Gasteiger partial charge in [-0.2, -0.15) is 0 Å². The van der Waals surface area contributed by atoms with Crippen LogP contribution in [-0.4, -0.2) is 32.5 Å². The molecule has 0 unspecified atom stereocenters. The maximum Gasteiger partial charge on any atom is 0.253 e. The summed E-state index contributed by atoms with van der Waals surface area (Å²) in [4.78, 5) is 15.0. The van der Waals surface area contributed by atoms with Crippen molar-refractivity contribution in [1.82, 2.24) is 4.90 Å². The molecule has 1 heterocycles. The molecule has 22 heavy (non-hydrogen) atoms. The van der Waals surface area contributed by atoms with Crippen molar-refractivity contribution in [1.29, 1.82) is 0 Å². The van der Waals surface area contributed by atoms with Crippen LogP contribution >= 0.6 is 38.9 Å². The van der Waals surface area contributed by atoms with Gasteiger partial charge in [0.15, 0.2) is 9.84 Å². The summed E-state index contributed by atoms with van der Waals surface area (Å²) >= 11 is 10.8. The Balaban J connectivity index is 2.25. The molecule has 0 aliphatic rings. The van der Waals surface area contributed by atoms with Gasteiger partial charge >= 0.3 is 0 Å². The molecule has 2 aromatic rings. The molecule has 118 valence electrons. The van der Waals surface area contributed by atoms with Crippen LogP contribution in [0.5, 0.6) is 0 Å². The molecule has 0 radical (unpaired) electrons. The van der Waals surface area contributed by atoms with E-state index in [1.165, 1.54) is 23.1 Å². The van der Waals surface area contributed by atoms with Gasteiger partial charge in [0.05, 0.1) is 20.2 Å². The number of halogens is 2. The molecule has 0 spiro atoms. The van der Waals surface area contributed by atoms with Gasteiger partial charge in [0.1, 0.15) is 0 Å². The van der Waals surface area contributed by atoms with E-state index in [4.69, 9.17) is 11.6 Å². The minimum absolute atomic E-state index is 0.0349. The van der Waals surface area contributed by atoms with Gasteiger partial charge in [-0.05, 0) is 46.3 Å². The zero-order valence-electron chi connectivity index (χ0n) is 11.8. The monoisotopic (exact) mass is 421 g/mol. The van der Waals surface area contributed by atoms with Crippen LogP contribution in [0.15, 0.2) is 39.0 Å². The van der Waals surface area contributed by atoms with Gasteiger partial charge in [0.2, 0.25) is 0 Å². The highest BCUT2D eigenvalue weighted by atomic mass is 79.9. The number of amides is 1. The van der Waals surface area contributed by atoms with Gasteiger partial charge in [-0.3, -0.25) is 4.79 Å². The molecule has 1 aromatic heterocycles. The number of hydrogen-bond donors (Lipinski definition) is 0. The third-order valence-electron chi connectivity index (χ3n) is 2.95. The Morgan fingerprint density at radius 1 is 1.32 bits per heavy atom. The SMILES string of the molecule is CN(Cc1ccc(Br)s1)C(=O)c1ccc(Cl)c(S(C)(=O)=O)c1. The minimum atomic E-state index is -3.48. The largest absolute Gasteiger partial charge is 0.337 e. The zero-order valence-corrected chi connectivity index (χ0v) is 15.8. The van der Waals surface area contributed by atoms with Crippen molar-refractivity contribution in [2.45, 2.75) is 11.4 Å². The molecular weight excluding hydrogens is 410 g/mol. The number of thiophene rings is 1. The summed E-state index contributed by atoms with van der Waals surface area (Å²) in [5.41, 5.74) is 0.294. The average Bonchev–Trinajstić information content (AvgIpc) is 2.82. The first-order valence-electron chi connectivity index (χ1n) is 6.18. The van der Waals surface area contributed by atoms with Crippen LogP contribution in [0.25, 0.3) is 0 Å². The minimum Gasteiger partial charge on any atom is -0.337 e. The first kappa shape index (κ1) is 17.5. The van der Waals surface area contributed by atoms with Gasteiger partial charge in [-0.15, -0.1) is 11.3 Å². The van der Waals surface area contributed by atoms with E-state index in [0.717, 1.165) is 14.9 Å². The van der Waals surface area contributed by atoms with Crippen molar-refractivity contribution in [2.75, 3.05) is 13.3 Å². The highest BCUT2D eigenvalue weighted by Crippen LogP contribution is 2.25. The Hall–Kier alpha value is -0.890. The molecule has 0 aliphatic carbocycles. The van der Waals surface area contributed by atoms with Crippen molar-refractivity contribution in [3.63, 3.8) is 0 Å². The Kier molecular flexibility index (Phi) is 5.32. The van der Waals surface area contributed by atoms with E-state index in [9.17, 15) is 13.2 Å². The second-order valence-corrected chi connectivity index (χ2v) is 9.72. The first-order chi connectivity index (χ1) is 10.2. The lowest BCUT2D eigenvalue weighted by atomic mass is 10.2. The van der Waals surface area contributed by atoms with E-state index in [2.05, 4.69) is 15.9 Å². The number of sulfone groups is 1. The molecule has 0 saturated heterocycles. The van der Waals surface area contributed by atoms with Crippen molar-refractivity contribution in [3.8, 4) is 0 Å². The summed E-state index contributed by atoms with van der Waals surface area (Å²) in [5.74, 6) is -0.258. The number of rotatable bonds is 4. The topological polar surface area (TPSA) is 54.5 Å². The summed E-state index contributed by atoms with van der Waals surface area (Å²) in [6.45, 7) is 0.450. The molecular formula is C14H13BrClNO3S2. The van der Waals surface area contributed by atoms with E-state index in [-0.39, 0.29) is 15.8 Å². The van der Waals surface area contributed by atoms with Crippen molar-refractivity contribution in [3.05, 3.63) is 49.6 Å². The predicted octanol–water partition coefficient (Wildman–Crippen LogP) is 3.84. The summed E-state index contributed by atoms with van der Waals surface area (Å²) in [6, 6.07) is 8.13. The van der Waals surface area contributed by atoms with E-state index in [1.54, 1.807) is 18.4 Å². The van der Waals surface area contributed by atoms with Crippen molar-refractivity contribution in [2.24, 2.45) is 0 Å². The first-order valence-corrected chi connectivity index (χ1v) is 10.1. The quantitative estimate of drug-likeness (QED) is 0.752. The molecule has 0 fully saturated rings. The second-order valence-electron chi connectivity index (χ2n) is 4.78.